The van der Waals surface area contributed by atoms with E-state index < -0.39 is 0 Å². The average Bonchev–Trinajstić information content (AvgIpc) is 2.45. The van der Waals surface area contributed by atoms with Crippen LogP contribution in [-0.4, -0.2) is 18.5 Å². The lowest BCUT2D eigenvalue weighted by atomic mass is 9.84. The Morgan fingerprint density at radius 3 is 2.74 bits per heavy atom. The van der Waals surface area contributed by atoms with Crippen molar-refractivity contribution < 1.29 is 4.79 Å². The molecule has 2 rings (SSSR count). The predicted octanol–water partition coefficient (Wildman–Crippen LogP) is 3.09. The smallest absolute Gasteiger partial charge is 0.251 e. The zero-order chi connectivity index (χ0) is 13.7. The van der Waals surface area contributed by atoms with E-state index in [0.717, 1.165) is 4.47 Å². The second-order valence-electron chi connectivity index (χ2n) is 5.22. The number of halogens is 1. The minimum atomic E-state index is -0.0256. The van der Waals surface area contributed by atoms with Gasteiger partial charge >= 0.3 is 0 Å². The second-order valence-corrected chi connectivity index (χ2v) is 6.14. The van der Waals surface area contributed by atoms with Gasteiger partial charge in [0.1, 0.15) is 0 Å². The Morgan fingerprint density at radius 1 is 1.37 bits per heavy atom. The number of carbonyl (C=O) groups excluding carboxylic acids is 1. The van der Waals surface area contributed by atoms with Gasteiger partial charge in [-0.1, -0.05) is 41.3 Å². The molecule has 1 aromatic rings. The van der Waals surface area contributed by atoms with Crippen molar-refractivity contribution in [2.45, 2.75) is 38.1 Å². The van der Waals surface area contributed by atoms with Crippen molar-refractivity contribution in [1.29, 1.82) is 0 Å². The third kappa shape index (κ3) is 4.05. The van der Waals surface area contributed by atoms with Crippen LogP contribution in [0.5, 0.6) is 0 Å². The third-order valence-electron chi connectivity index (χ3n) is 3.88. The molecule has 0 radical (unpaired) electrons. The Morgan fingerprint density at radius 2 is 2.11 bits per heavy atom. The minimum absolute atomic E-state index is 0.0256. The lowest BCUT2D eigenvalue weighted by Crippen LogP contribution is -2.45. The highest BCUT2D eigenvalue weighted by atomic mass is 79.9. The van der Waals surface area contributed by atoms with E-state index in [9.17, 15) is 4.79 Å². The largest absolute Gasteiger partial charge is 0.348 e. The van der Waals surface area contributed by atoms with Gasteiger partial charge in [-0.25, -0.2) is 0 Å². The van der Waals surface area contributed by atoms with E-state index in [4.69, 9.17) is 5.73 Å². The van der Waals surface area contributed by atoms with Crippen molar-refractivity contribution in [1.82, 2.24) is 5.32 Å². The summed E-state index contributed by atoms with van der Waals surface area (Å²) in [5.74, 6) is 0.511. The van der Waals surface area contributed by atoms with Gasteiger partial charge in [0.05, 0.1) is 0 Å². The first-order valence-electron chi connectivity index (χ1n) is 6.97. The normalized spacial score (nSPS) is 18.0. The summed E-state index contributed by atoms with van der Waals surface area (Å²) in [6, 6.07) is 7.56. The molecule has 0 bridgehead atoms. The molecule has 1 aliphatic carbocycles. The predicted molar refractivity (Wildman–Crippen MR) is 81.0 cm³/mol. The second kappa shape index (κ2) is 7.06. The molecule has 0 heterocycles. The Hall–Kier alpha value is -0.870. The van der Waals surface area contributed by atoms with Crippen molar-refractivity contribution in [2.24, 2.45) is 11.7 Å². The van der Waals surface area contributed by atoms with Crippen molar-refractivity contribution in [3.05, 3.63) is 34.3 Å². The summed E-state index contributed by atoms with van der Waals surface area (Å²) >= 11 is 3.39. The molecule has 1 saturated carbocycles. The monoisotopic (exact) mass is 324 g/mol. The Balaban J connectivity index is 1.99. The SMILES string of the molecule is NCC(NC(=O)c1cccc(Br)c1)C1CCCCC1. The number of carbonyl (C=O) groups is 1. The summed E-state index contributed by atoms with van der Waals surface area (Å²) in [6.07, 6.45) is 6.19. The van der Waals surface area contributed by atoms with Crippen LogP contribution in [-0.2, 0) is 0 Å². The number of benzene rings is 1. The van der Waals surface area contributed by atoms with Gasteiger partial charge in [-0.15, -0.1) is 0 Å². The topological polar surface area (TPSA) is 55.1 Å². The van der Waals surface area contributed by atoms with E-state index in [0.29, 0.717) is 18.0 Å². The van der Waals surface area contributed by atoms with Gasteiger partial charge in [-0.05, 0) is 37.0 Å². The lowest BCUT2D eigenvalue weighted by Gasteiger charge is -2.30. The molecule has 19 heavy (non-hydrogen) atoms. The molecule has 3 nitrogen and oxygen atoms in total. The molecule has 1 unspecified atom stereocenters. The molecule has 0 aliphatic heterocycles. The lowest BCUT2D eigenvalue weighted by molar-refractivity contribution is 0.0915. The minimum Gasteiger partial charge on any atom is -0.348 e. The Labute approximate surface area is 123 Å². The summed E-state index contributed by atoms with van der Waals surface area (Å²) in [5, 5.41) is 3.10. The van der Waals surface area contributed by atoms with E-state index in [1.54, 1.807) is 0 Å². The molecule has 1 atom stereocenters. The van der Waals surface area contributed by atoms with Gasteiger partial charge < -0.3 is 11.1 Å². The van der Waals surface area contributed by atoms with Crippen LogP contribution in [0.1, 0.15) is 42.5 Å². The molecule has 0 aromatic heterocycles. The van der Waals surface area contributed by atoms with Crippen LogP contribution >= 0.6 is 15.9 Å². The van der Waals surface area contributed by atoms with E-state index >= 15 is 0 Å². The Kier molecular flexibility index (Phi) is 5.40. The quantitative estimate of drug-likeness (QED) is 0.894. The molecule has 1 fully saturated rings. The summed E-state index contributed by atoms with van der Waals surface area (Å²) in [5.41, 5.74) is 6.52. The summed E-state index contributed by atoms with van der Waals surface area (Å²) in [4.78, 5) is 12.2. The average molecular weight is 325 g/mol. The number of rotatable bonds is 4. The van der Waals surface area contributed by atoms with Gasteiger partial charge in [0.2, 0.25) is 0 Å². The first-order chi connectivity index (χ1) is 9.20. The Bertz CT molecular complexity index is 430. The molecule has 3 N–H and O–H groups in total. The zero-order valence-electron chi connectivity index (χ0n) is 11.1. The number of nitrogens with one attached hydrogen (secondary N) is 1. The highest BCUT2D eigenvalue weighted by molar-refractivity contribution is 9.10. The first kappa shape index (κ1) is 14.5. The van der Waals surface area contributed by atoms with Gasteiger partial charge in [-0.2, -0.15) is 0 Å². The van der Waals surface area contributed by atoms with Crippen LogP contribution in [0.3, 0.4) is 0 Å². The van der Waals surface area contributed by atoms with Crippen LogP contribution in [0.2, 0.25) is 0 Å². The van der Waals surface area contributed by atoms with E-state index in [-0.39, 0.29) is 11.9 Å². The fourth-order valence-electron chi connectivity index (χ4n) is 2.79. The third-order valence-corrected chi connectivity index (χ3v) is 4.37. The molecule has 104 valence electrons. The maximum absolute atomic E-state index is 12.2. The van der Waals surface area contributed by atoms with Crippen LogP contribution < -0.4 is 11.1 Å². The molecular weight excluding hydrogens is 304 g/mol. The molecule has 1 aromatic carbocycles. The van der Waals surface area contributed by atoms with Gasteiger partial charge in [0.25, 0.3) is 5.91 Å². The standard InChI is InChI=1S/C15H21BrN2O/c16-13-8-4-7-12(9-13)15(19)18-14(10-17)11-5-2-1-3-6-11/h4,7-9,11,14H,1-3,5-6,10,17H2,(H,18,19). The first-order valence-corrected chi connectivity index (χ1v) is 7.76. The highest BCUT2D eigenvalue weighted by Gasteiger charge is 2.24. The van der Waals surface area contributed by atoms with Crippen molar-refractivity contribution >= 4 is 21.8 Å². The zero-order valence-corrected chi connectivity index (χ0v) is 12.7. The van der Waals surface area contributed by atoms with E-state index in [1.807, 2.05) is 24.3 Å². The van der Waals surface area contributed by atoms with E-state index in [2.05, 4.69) is 21.2 Å². The summed E-state index contributed by atoms with van der Waals surface area (Å²) < 4.78 is 0.919. The maximum atomic E-state index is 12.2. The van der Waals surface area contributed by atoms with E-state index in [1.165, 1.54) is 32.1 Å². The van der Waals surface area contributed by atoms with Gasteiger partial charge in [0, 0.05) is 22.6 Å². The van der Waals surface area contributed by atoms with Crippen LogP contribution in [0.15, 0.2) is 28.7 Å². The van der Waals surface area contributed by atoms with Crippen LogP contribution in [0.4, 0.5) is 0 Å². The van der Waals surface area contributed by atoms with Crippen molar-refractivity contribution in [3.8, 4) is 0 Å². The van der Waals surface area contributed by atoms with Crippen molar-refractivity contribution in [2.75, 3.05) is 6.54 Å². The fourth-order valence-corrected chi connectivity index (χ4v) is 3.19. The summed E-state index contributed by atoms with van der Waals surface area (Å²) in [6.45, 7) is 0.518. The summed E-state index contributed by atoms with van der Waals surface area (Å²) in [7, 11) is 0. The van der Waals surface area contributed by atoms with Gasteiger partial charge in [0.15, 0.2) is 0 Å². The highest BCUT2D eigenvalue weighted by Crippen LogP contribution is 2.26. The number of amides is 1. The number of hydrogen-bond acceptors (Lipinski definition) is 2. The number of hydrogen-bond donors (Lipinski definition) is 2. The molecule has 0 spiro atoms. The molecular formula is C15H21BrN2O. The fraction of sp³-hybridized carbons (Fsp3) is 0.533. The molecule has 1 aliphatic rings. The maximum Gasteiger partial charge on any atom is 0.251 e. The van der Waals surface area contributed by atoms with Crippen LogP contribution in [0, 0.1) is 5.92 Å². The molecule has 0 saturated heterocycles. The van der Waals surface area contributed by atoms with Crippen molar-refractivity contribution in [3.63, 3.8) is 0 Å². The number of nitrogens with two attached hydrogens (primary N) is 1. The molecule has 4 heteroatoms. The van der Waals surface area contributed by atoms with Crippen LogP contribution in [0.25, 0.3) is 0 Å². The molecule has 1 amide bonds. The van der Waals surface area contributed by atoms with Gasteiger partial charge in [-0.3, -0.25) is 4.79 Å².